The van der Waals surface area contributed by atoms with Crippen LogP contribution in [0.15, 0.2) is 35.0 Å². The second kappa shape index (κ2) is 7.47. The number of likely N-dealkylation sites (N-methyl/N-ethyl adjacent to an activating group) is 1. The van der Waals surface area contributed by atoms with E-state index in [2.05, 4.69) is 11.8 Å². The van der Waals surface area contributed by atoms with Gasteiger partial charge in [0.05, 0.1) is 18.4 Å². The summed E-state index contributed by atoms with van der Waals surface area (Å²) in [5, 5.41) is -0.111. The van der Waals surface area contributed by atoms with Crippen molar-refractivity contribution in [3.05, 3.63) is 40.6 Å². The molecule has 3 rings (SSSR count). The number of methoxy groups -OCH3 is 1. The first-order valence-electron chi connectivity index (χ1n) is 8.42. The number of amides is 2. The van der Waals surface area contributed by atoms with E-state index in [0.29, 0.717) is 13.1 Å². The predicted molar refractivity (Wildman–Crippen MR) is 96.8 cm³/mol. The van der Waals surface area contributed by atoms with E-state index in [4.69, 9.17) is 16.3 Å². The van der Waals surface area contributed by atoms with Gasteiger partial charge < -0.3 is 14.5 Å². The summed E-state index contributed by atoms with van der Waals surface area (Å²) in [5.74, 6) is -1.76. The quantitative estimate of drug-likeness (QED) is 0.584. The number of rotatable bonds is 4. The molecule has 8 heteroatoms. The predicted octanol–water partition coefficient (Wildman–Crippen LogP) is 1.43. The van der Waals surface area contributed by atoms with Crippen molar-refractivity contribution in [2.45, 2.75) is 6.92 Å². The average molecular weight is 378 g/mol. The van der Waals surface area contributed by atoms with Crippen LogP contribution in [0.1, 0.15) is 17.3 Å². The summed E-state index contributed by atoms with van der Waals surface area (Å²) >= 11 is 6.23. The molecule has 0 unspecified atom stereocenters. The Bertz CT molecular complexity index is 784. The normalized spacial score (nSPS) is 18.7. The highest BCUT2D eigenvalue weighted by Crippen LogP contribution is 2.33. The van der Waals surface area contributed by atoms with Crippen molar-refractivity contribution in [3.63, 3.8) is 0 Å². The van der Waals surface area contributed by atoms with Gasteiger partial charge in [-0.1, -0.05) is 30.7 Å². The molecule has 2 heterocycles. The monoisotopic (exact) mass is 377 g/mol. The van der Waals surface area contributed by atoms with Crippen LogP contribution in [0.5, 0.6) is 0 Å². The number of halogens is 1. The number of esters is 1. The van der Waals surface area contributed by atoms with E-state index in [9.17, 15) is 14.4 Å². The fourth-order valence-electron chi connectivity index (χ4n) is 3.22. The second-order valence-electron chi connectivity index (χ2n) is 6.04. The summed E-state index contributed by atoms with van der Waals surface area (Å²) in [6.07, 6.45) is 0. The van der Waals surface area contributed by atoms with Crippen molar-refractivity contribution in [3.8, 4) is 0 Å². The highest BCUT2D eigenvalue weighted by Gasteiger charge is 2.43. The highest BCUT2D eigenvalue weighted by atomic mass is 35.5. The molecule has 0 radical (unpaired) electrons. The van der Waals surface area contributed by atoms with E-state index >= 15 is 0 Å². The summed E-state index contributed by atoms with van der Waals surface area (Å²) in [6.45, 7) is 5.84. The molecule has 0 N–H and O–H groups in total. The standard InChI is InChI=1S/C18H20ClN3O4/c1-3-20-8-10-21(11-9-20)15-14(19)16(23)22(17(15)24)13-7-5-4-6-12(13)18(25)26-2/h4-7H,3,8-11H2,1-2H3. The smallest absolute Gasteiger partial charge is 0.339 e. The van der Waals surface area contributed by atoms with E-state index in [0.717, 1.165) is 24.5 Å². The molecule has 0 spiro atoms. The van der Waals surface area contributed by atoms with Gasteiger partial charge in [0.1, 0.15) is 10.7 Å². The molecule has 1 saturated heterocycles. The van der Waals surface area contributed by atoms with Gasteiger partial charge in [0.15, 0.2) is 0 Å². The van der Waals surface area contributed by atoms with Crippen LogP contribution in [-0.2, 0) is 14.3 Å². The number of anilines is 1. The maximum atomic E-state index is 13.0. The molecule has 2 aliphatic heterocycles. The van der Waals surface area contributed by atoms with E-state index in [1.807, 2.05) is 4.90 Å². The van der Waals surface area contributed by atoms with Gasteiger partial charge >= 0.3 is 5.97 Å². The third kappa shape index (κ3) is 3.08. The van der Waals surface area contributed by atoms with Crippen molar-refractivity contribution < 1.29 is 19.1 Å². The molecule has 0 atom stereocenters. The number of para-hydroxylation sites is 1. The Morgan fingerprint density at radius 3 is 2.38 bits per heavy atom. The zero-order valence-electron chi connectivity index (χ0n) is 14.7. The number of benzene rings is 1. The first kappa shape index (κ1) is 18.4. The fraction of sp³-hybridized carbons (Fsp3) is 0.389. The summed E-state index contributed by atoms with van der Waals surface area (Å²) < 4.78 is 4.75. The van der Waals surface area contributed by atoms with Crippen molar-refractivity contribution >= 4 is 35.1 Å². The molecule has 0 saturated carbocycles. The van der Waals surface area contributed by atoms with Crippen LogP contribution in [0.3, 0.4) is 0 Å². The fourth-order valence-corrected chi connectivity index (χ4v) is 3.51. The van der Waals surface area contributed by atoms with Crippen LogP contribution in [0.25, 0.3) is 0 Å². The summed E-state index contributed by atoms with van der Waals surface area (Å²) in [4.78, 5) is 42.7. The van der Waals surface area contributed by atoms with Crippen LogP contribution in [0.4, 0.5) is 5.69 Å². The maximum absolute atomic E-state index is 13.0. The molecule has 2 amide bonds. The lowest BCUT2D eigenvalue weighted by atomic mass is 10.1. The molecule has 0 aliphatic carbocycles. The van der Waals surface area contributed by atoms with Gasteiger partial charge in [-0.3, -0.25) is 9.59 Å². The van der Waals surface area contributed by atoms with Gasteiger partial charge in [0.25, 0.3) is 11.8 Å². The van der Waals surface area contributed by atoms with Crippen molar-refractivity contribution in [1.82, 2.24) is 9.80 Å². The van der Waals surface area contributed by atoms with Gasteiger partial charge in [0, 0.05) is 26.2 Å². The number of nitrogens with zero attached hydrogens (tertiary/aromatic N) is 3. The lowest BCUT2D eigenvalue weighted by Crippen LogP contribution is -2.47. The molecular weight excluding hydrogens is 358 g/mol. The van der Waals surface area contributed by atoms with Crippen LogP contribution < -0.4 is 4.90 Å². The lowest BCUT2D eigenvalue weighted by molar-refractivity contribution is -0.121. The Balaban J connectivity index is 1.91. The van der Waals surface area contributed by atoms with Crippen LogP contribution in [-0.4, -0.2) is 67.4 Å². The molecule has 1 fully saturated rings. The van der Waals surface area contributed by atoms with E-state index in [1.165, 1.54) is 19.2 Å². The molecule has 0 aromatic heterocycles. The Kier molecular flexibility index (Phi) is 5.29. The Morgan fingerprint density at radius 1 is 1.12 bits per heavy atom. The minimum absolute atomic E-state index is 0.111. The Morgan fingerprint density at radius 2 is 1.77 bits per heavy atom. The maximum Gasteiger partial charge on any atom is 0.339 e. The average Bonchev–Trinajstić information content (AvgIpc) is 2.90. The van der Waals surface area contributed by atoms with Crippen molar-refractivity contribution in [1.29, 1.82) is 0 Å². The number of hydrogen-bond donors (Lipinski definition) is 0. The van der Waals surface area contributed by atoms with Crippen molar-refractivity contribution in [2.24, 2.45) is 0 Å². The van der Waals surface area contributed by atoms with Gasteiger partial charge in [-0.05, 0) is 18.7 Å². The minimum Gasteiger partial charge on any atom is -0.465 e. The van der Waals surface area contributed by atoms with E-state index in [1.54, 1.807) is 12.1 Å². The van der Waals surface area contributed by atoms with Gasteiger partial charge in [-0.25, -0.2) is 9.69 Å². The van der Waals surface area contributed by atoms with Gasteiger partial charge in [-0.15, -0.1) is 0 Å². The number of piperazine rings is 1. The second-order valence-corrected chi connectivity index (χ2v) is 6.42. The van der Waals surface area contributed by atoms with Gasteiger partial charge in [-0.2, -0.15) is 0 Å². The number of carbonyl (C=O) groups excluding carboxylic acids is 3. The zero-order valence-corrected chi connectivity index (χ0v) is 15.5. The third-order valence-electron chi connectivity index (χ3n) is 4.69. The molecule has 7 nitrogen and oxygen atoms in total. The van der Waals surface area contributed by atoms with Crippen LogP contribution >= 0.6 is 11.6 Å². The third-order valence-corrected chi connectivity index (χ3v) is 5.03. The van der Waals surface area contributed by atoms with Crippen LogP contribution in [0.2, 0.25) is 0 Å². The molecule has 2 aliphatic rings. The lowest BCUT2D eigenvalue weighted by Gasteiger charge is -2.35. The van der Waals surface area contributed by atoms with E-state index < -0.39 is 17.8 Å². The molecule has 1 aromatic carbocycles. The first-order chi connectivity index (χ1) is 12.5. The molecular formula is C18H20ClN3O4. The molecule has 1 aromatic rings. The molecule has 0 bridgehead atoms. The van der Waals surface area contributed by atoms with Crippen LogP contribution in [0, 0.1) is 0 Å². The summed E-state index contributed by atoms with van der Waals surface area (Å²) in [6, 6.07) is 6.33. The number of hydrogen-bond acceptors (Lipinski definition) is 6. The summed E-state index contributed by atoms with van der Waals surface area (Å²) in [7, 11) is 1.25. The topological polar surface area (TPSA) is 70.2 Å². The Hall–Kier alpha value is -2.38. The zero-order chi connectivity index (χ0) is 18.8. The summed E-state index contributed by atoms with van der Waals surface area (Å²) in [5.41, 5.74) is 0.514. The first-order valence-corrected chi connectivity index (χ1v) is 8.80. The minimum atomic E-state index is -0.624. The highest BCUT2D eigenvalue weighted by molar-refractivity contribution is 6.52. The number of imide groups is 1. The van der Waals surface area contributed by atoms with E-state index in [-0.39, 0.29) is 22.0 Å². The number of ether oxygens (including phenoxy) is 1. The van der Waals surface area contributed by atoms with Gasteiger partial charge in [0.2, 0.25) is 0 Å². The Labute approximate surface area is 156 Å². The largest absolute Gasteiger partial charge is 0.465 e. The molecule has 26 heavy (non-hydrogen) atoms. The number of carbonyl (C=O) groups is 3. The molecule has 138 valence electrons. The van der Waals surface area contributed by atoms with Crippen molar-refractivity contribution in [2.75, 3.05) is 44.7 Å². The SMILES string of the molecule is CCN1CCN(C2=C(Cl)C(=O)N(c3ccccc3C(=O)OC)C2=O)CC1.